The second-order valence-electron chi connectivity index (χ2n) is 4.93. The number of nitrogens with two attached hydrogens (primary N) is 1. The second kappa shape index (κ2) is 5.56. The number of hydrogen-bond acceptors (Lipinski definition) is 3. The summed E-state index contributed by atoms with van der Waals surface area (Å²) in [5.41, 5.74) is 5.23. The molecular formula is C12H17BrN2O3. The third-order valence-electron chi connectivity index (χ3n) is 2.13. The summed E-state index contributed by atoms with van der Waals surface area (Å²) in [6.45, 7) is 5.39. The topological polar surface area (TPSA) is 74.3 Å². The van der Waals surface area contributed by atoms with Gasteiger partial charge >= 0.3 is 6.09 Å². The molecule has 0 saturated heterocycles. The molecule has 0 aliphatic heterocycles. The van der Waals surface area contributed by atoms with Crippen LogP contribution in [0.1, 0.15) is 32.9 Å². The molecule has 18 heavy (non-hydrogen) atoms. The predicted octanol–water partition coefficient (Wildman–Crippen LogP) is 2.45. The van der Waals surface area contributed by atoms with Crippen LogP contribution < -0.4 is 5.73 Å². The van der Waals surface area contributed by atoms with Crippen molar-refractivity contribution in [1.29, 1.82) is 0 Å². The van der Waals surface area contributed by atoms with E-state index in [0.29, 0.717) is 12.1 Å². The van der Waals surface area contributed by atoms with Gasteiger partial charge in [-0.2, -0.15) is 0 Å². The zero-order valence-corrected chi connectivity index (χ0v) is 12.3. The molecule has 1 aromatic heterocycles. The molecule has 1 amide bonds. The molecule has 0 fully saturated rings. The average Bonchev–Trinajstić information content (AvgIpc) is 2.54. The van der Waals surface area contributed by atoms with Crippen LogP contribution >= 0.6 is 15.9 Å². The van der Waals surface area contributed by atoms with E-state index in [1.54, 1.807) is 33.0 Å². The van der Waals surface area contributed by atoms with Gasteiger partial charge in [0.2, 0.25) is 5.91 Å². The Morgan fingerprint density at radius 2 is 2.06 bits per heavy atom. The molecule has 0 aliphatic carbocycles. The van der Waals surface area contributed by atoms with Gasteiger partial charge in [0.1, 0.15) is 5.60 Å². The minimum Gasteiger partial charge on any atom is -0.443 e. The summed E-state index contributed by atoms with van der Waals surface area (Å²) in [4.78, 5) is 22.7. The standard InChI is InChI=1S/C12H17BrN2O3/c1-12(2,3)18-11(17)15-7-6-8(13)9(15)4-5-10(14)16/h6-7H,4-5H2,1-3H3,(H2,14,16). The third-order valence-corrected chi connectivity index (χ3v) is 2.86. The van der Waals surface area contributed by atoms with Gasteiger partial charge in [0.15, 0.2) is 0 Å². The number of rotatable bonds is 3. The van der Waals surface area contributed by atoms with E-state index in [2.05, 4.69) is 15.9 Å². The number of amides is 1. The van der Waals surface area contributed by atoms with E-state index in [0.717, 1.165) is 4.47 Å². The lowest BCUT2D eigenvalue weighted by atomic mass is 10.2. The van der Waals surface area contributed by atoms with Crippen LogP contribution in [0.3, 0.4) is 0 Å². The smallest absolute Gasteiger partial charge is 0.418 e. The fourth-order valence-electron chi connectivity index (χ4n) is 1.40. The molecule has 5 nitrogen and oxygen atoms in total. The predicted molar refractivity (Wildman–Crippen MR) is 71.3 cm³/mol. The van der Waals surface area contributed by atoms with Crippen LogP contribution in [0.4, 0.5) is 4.79 Å². The summed E-state index contributed by atoms with van der Waals surface area (Å²) < 4.78 is 7.42. The Balaban J connectivity index is 2.89. The number of hydrogen-bond donors (Lipinski definition) is 1. The van der Waals surface area contributed by atoms with E-state index in [4.69, 9.17) is 10.5 Å². The molecule has 0 saturated carbocycles. The van der Waals surface area contributed by atoms with Crippen molar-refractivity contribution < 1.29 is 14.3 Å². The Morgan fingerprint density at radius 3 is 2.56 bits per heavy atom. The van der Waals surface area contributed by atoms with Crippen molar-refractivity contribution in [3.63, 3.8) is 0 Å². The number of carbonyl (C=O) groups excluding carboxylic acids is 2. The Kier molecular flexibility index (Phi) is 4.56. The van der Waals surface area contributed by atoms with Crippen LogP contribution in [0.5, 0.6) is 0 Å². The summed E-state index contributed by atoms with van der Waals surface area (Å²) in [5.74, 6) is -0.404. The van der Waals surface area contributed by atoms with Gasteiger partial charge in [-0.25, -0.2) is 4.79 Å². The maximum absolute atomic E-state index is 11.9. The molecule has 0 unspecified atom stereocenters. The van der Waals surface area contributed by atoms with Crippen molar-refractivity contribution in [1.82, 2.24) is 4.57 Å². The van der Waals surface area contributed by atoms with Crippen LogP contribution in [0.15, 0.2) is 16.7 Å². The van der Waals surface area contributed by atoms with Crippen molar-refractivity contribution in [2.75, 3.05) is 0 Å². The highest BCUT2D eigenvalue weighted by molar-refractivity contribution is 9.10. The van der Waals surface area contributed by atoms with Crippen LogP contribution in [0.2, 0.25) is 0 Å². The van der Waals surface area contributed by atoms with E-state index in [-0.39, 0.29) is 6.42 Å². The monoisotopic (exact) mass is 316 g/mol. The van der Waals surface area contributed by atoms with Gasteiger partial charge in [0, 0.05) is 22.8 Å². The Bertz CT molecular complexity index is 460. The lowest BCUT2D eigenvalue weighted by Crippen LogP contribution is -2.28. The van der Waals surface area contributed by atoms with Gasteiger partial charge in [0.05, 0.1) is 0 Å². The van der Waals surface area contributed by atoms with E-state index >= 15 is 0 Å². The Morgan fingerprint density at radius 1 is 1.44 bits per heavy atom. The fraction of sp³-hybridized carbons (Fsp3) is 0.500. The van der Waals surface area contributed by atoms with Crippen molar-refractivity contribution in [3.8, 4) is 0 Å². The maximum atomic E-state index is 11.9. The van der Waals surface area contributed by atoms with Crippen molar-refractivity contribution in [2.45, 2.75) is 39.2 Å². The van der Waals surface area contributed by atoms with E-state index < -0.39 is 17.6 Å². The molecule has 1 heterocycles. The lowest BCUT2D eigenvalue weighted by Gasteiger charge is -2.20. The van der Waals surface area contributed by atoms with Gasteiger partial charge in [-0.1, -0.05) is 0 Å². The maximum Gasteiger partial charge on any atom is 0.418 e. The van der Waals surface area contributed by atoms with Crippen LogP contribution in [-0.4, -0.2) is 22.2 Å². The first-order valence-corrected chi connectivity index (χ1v) is 6.37. The van der Waals surface area contributed by atoms with Crippen molar-refractivity contribution in [3.05, 3.63) is 22.4 Å². The van der Waals surface area contributed by atoms with Gasteiger partial charge in [-0.05, 0) is 49.2 Å². The fourth-order valence-corrected chi connectivity index (χ4v) is 1.91. The van der Waals surface area contributed by atoms with Crippen molar-refractivity contribution >= 4 is 27.9 Å². The molecule has 0 bridgehead atoms. The van der Waals surface area contributed by atoms with Gasteiger partial charge in [-0.3, -0.25) is 9.36 Å². The molecule has 0 aromatic carbocycles. The molecule has 1 rings (SSSR count). The van der Waals surface area contributed by atoms with E-state index in [1.807, 2.05) is 0 Å². The second-order valence-corrected chi connectivity index (χ2v) is 5.78. The van der Waals surface area contributed by atoms with E-state index in [9.17, 15) is 9.59 Å². The molecule has 1 aromatic rings. The zero-order valence-electron chi connectivity index (χ0n) is 10.7. The first-order valence-electron chi connectivity index (χ1n) is 5.58. The summed E-state index contributed by atoms with van der Waals surface area (Å²) in [7, 11) is 0. The molecular weight excluding hydrogens is 300 g/mol. The zero-order chi connectivity index (χ0) is 13.9. The lowest BCUT2D eigenvalue weighted by molar-refractivity contribution is -0.118. The molecule has 0 spiro atoms. The summed E-state index contributed by atoms with van der Waals surface area (Å²) in [6.07, 6.45) is 1.72. The van der Waals surface area contributed by atoms with Gasteiger partial charge in [-0.15, -0.1) is 0 Å². The normalized spacial score (nSPS) is 11.3. The number of aromatic nitrogens is 1. The molecule has 0 aliphatic rings. The highest BCUT2D eigenvalue weighted by atomic mass is 79.9. The number of carbonyl (C=O) groups is 2. The third kappa shape index (κ3) is 4.18. The molecule has 0 radical (unpaired) electrons. The number of primary amides is 1. The average molecular weight is 317 g/mol. The quantitative estimate of drug-likeness (QED) is 0.930. The Labute approximate surface area is 114 Å². The minimum absolute atomic E-state index is 0.186. The summed E-state index contributed by atoms with van der Waals surface area (Å²) >= 11 is 3.33. The highest BCUT2D eigenvalue weighted by Gasteiger charge is 2.20. The molecule has 6 heteroatoms. The van der Waals surface area contributed by atoms with Gasteiger partial charge in [0.25, 0.3) is 0 Å². The first-order chi connectivity index (χ1) is 8.20. The van der Waals surface area contributed by atoms with Crippen LogP contribution in [0, 0.1) is 0 Å². The Hall–Kier alpha value is -1.30. The summed E-state index contributed by atoms with van der Waals surface area (Å²) in [6, 6.07) is 1.74. The number of ether oxygens (including phenoxy) is 1. The molecule has 2 N–H and O–H groups in total. The van der Waals surface area contributed by atoms with Crippen LogP contribution in [-0.2, 0) is 16.0 Å². The van der Waals surface area contributed by atoms with E-state index in [1.165, 1.54) is 4.57 Å². The van der Waals surface area contributed by atoms with Crippen molar-refractivity contribution in [2.24, 2.45) is 5.73 Å². The van der Waals surface area contributed by atoms with Gasteiger partial charge < -0.3 is 10.5 Å². The first kappa shape index (κ1) is 14.8. The van der Waals surface area contributed by atoms with Crippen LogP contribution in [0.25, 0.3) is 0 Å². The SMILES string of the molecule is CC(C)(C)OC(=O)n1ccc(Br)c1CCC(N)=O. The number of nitrogens with zero attached hydrogens (tertiary/aromatic N) is 1. The molecule has 100 valence electrons. The molecule has 0 atom stereocenters. The highest BCUT2D eigenvalue weighted by Crippen LogP contribution is 2.21. The summed E-state index contributed by atoms with van der Waals surface area (Å²) in [5, 5.41) is 0. The number of halogens is 1. The largest absolute Gasteiger partial charge is 0.443 e. The minimum atomic E-state index is -0.561.